The number of hydroxylamine groups is 1. The minimum absolute atomic E-state index is 0.0278. The van der Waals surface area contributed by atoms with Gasteiger partial charge < -0.3 is 0 Å². The lowest BCUT2D eigenvalue weighted by Gasteiger charge is -1.99. The number of amides is 1. The molecule has 0 spiro atoms. The van der Waals surface area contributed by atoms with Crippen molar-refractivity contribution in [3.63, 3.8) is 0 Å². The van der Waals surface area contributed by atoms with E-state index >= 15 is 0 Å². The third-order valence-corrected chi connectivity index (χ3v) is 0.323. The topological polar surface area (TPSA) is 66.6 Å². The summed E-state index contributed by atoms with van der Waals surface area (Å²) in [6, 6.07) is 0. The molecule has 0 fully saturated rings. The van der Waals surface area contributed by atoms with E-state index in [2.05, 4.69) is 5.84 Å². The van der Waals surface area contributed by atoms with Crippen LogP contribution in [-0.4, -0.2) is 16.3 Å². The zero-order valence-electron chi connectivity index (χ0n) is 3.38. The highest BCUT2D eigenvalue weighted by Gasteiger charge is 1.91. The molecule has 0 atom stereocenters. The molecule has 0 aromatic rings. The van der Waals surface area contributed by atoms with Crippen molar-refractivity contribution >= 4 is 5.91 Å². The summed E-state index contributed by atoms with van der Waals surface area (Å²) in [4.78, 5) is 9.69. The molecule has 0 rings (SSSR count). The van der Waals surface area contributed by atoms with Crippen LogP contribution in [0.1, 0.15) is 6.92 Å². The average Bonchev–Trinajstić information content (AvgIpc) is 1.36. The van der Waals surface area contributed by atoms with E-state index in [1.54, 1.807) is 0 Å². The lowest BCUT2D eigenvalue weighted by atomic mass is 10.8. The molecule has 3 N–H and O–H groups in total. The van der Waals surface area contributed by atoms with Gasteiger partial charge in [0.25, 0.3) is 5.91 Å². The fraction of sp³-hybridized carbons (Fsp3) is 0.500. The van der Waals surface area contributed by atoms with E-state index in [4.69, 9.17) is 5.21 Å². The normalized spacial score (nSPS) is 7.83. The Kier molecular flexibility index (Phi) is 1.56. The number of hydrazine groups is 1. The maximum atomic E-state index is 9.69. The summed E-state index contributed by atoms with van der Waals surface area (Å²) >= 11 is 0. The van der Waals surface area contributed by atoms with Crippen LogP contribution in [0.3, 0.4) is 0 Å². The molecule has 4 heteroatoms. The third kappa shape index (κ3) is 1.68. The zero-order valence-corrected chi connectivity index (χ0v) is 3.38. The number of nitrogens with two attached hydrogens (primary N) is 1. The van der Waals surface area contributed by atoms with Crippen LogP contribution in [0.25, 0.3) is 0 Å². The molecular weight excluding hydrogens is 84.0 g/mol. The van der Waals surface area contributed by atoms with Crippen LogP contribution in [0.15, 0.2) is 0 Å². The van der Waals surface area contributed by atoms with E-state index < -0.39 is 5.91 Å². The standard InChI is InChI=1S/C2H6N2O2/c1-2(5)4(3)6/h6H,3H2,1H3. The molecule has 0 aliphatic heterocycles. The van der Waals surface area contributed by atoms with Crippen molar-refractivity contribution in [2.75, 3.05) is 0 Å². The van der Waals surface area contributed by atoms with E-state index in [1.807, 2.05) is 0 Å². The third-order valence-electron chi connectivity index (χ3n) is 0.323. The van der Waals surface area contributed by atoms with Crippen LogP contribution >= 0.6 is 0 Å². The van der Waals surface area contributed by atoms with E-state index in [0.717, 1.165) is 6.92 Å². The molecule has 0 saturated carbocycles. The van der Waals surface area contributed by atoms with Crippen molar-refractivity contribution in [3.05, 3.63) is 0 Å². The summed E-state index contributed by atoms with van der Waals surface area (Å²) in [5.41, 5.74) is 0. The molecule has 0 heterocycles. The second kappa shape index (κ2) is 1.74. The fourth-order valence-electron chi connectivity index (χ4n) is 0. The molecule has 6 heavy (non-hydrogen) atoms. The summed E-state index contributed by atoms with van der Waals surface area (Å²) in [6.07, 6.45) is 0. The molecule has 0 aliphatic rings. The Hall–Kier alpha value is -0.610. The molecule has 0 aliphatic carbocycles. The van der Waals surface area contributed by atoms with Gasteiger partial charge in [-0.15, -0.1) is 0 Å². The number of nitrogens with zero attached hydrogens (tertiary/aromatic N) is 1. The van der Waals surface area contributed by atoms with Gasteiger partial charge >= 0.3 is 0 Å². The summed E-state index contributed by atoms with van der Waals surface area (Å²) in [7, 11) is 0. The molecule has 0 radical (unpaired) electrons. The van der Waals surface area contributed by atoms with E-state index in [0.29, 0.717) is 0 Å². The Labute approximate surface area is 35.1 Å². The van der Waals surface area contributed by atoms with Crippen LogP contribution in [0.4, 0.5) is 0 Å². The van der Waals surface area contributed by atoms with Gasteiger partial charge in [-0.05, 0) is 0 Å². The monoisotopic (exact) mass is 90.0 g/mol. The average molecular weight is 90.1 g/mol. The number of carbonyl (C=O) groups is 1. The highest BCUT2D eigenvalue weighted by Crippen LogP contribution is 1.63. The van der Waals surface area contributed by atoms with E-state index in [1.165, 1.54) is 0 Å². The van der Waals surface area contributed by atoms with Crippen molar-refractivity contribution in [1.82, 2.24) is 5.17 Å². The number of hydrogen-bond donors (Lipinski definition) is 2. The van der Waals surface area contributed by atoms with Crippen LogP contribution in [0.2, 0.25) is 0 Å². The molecule has 0 bridgehead atoms. The molecule has 0 unspecified atom stereocenters. The quantitative estimate of drug-likeness (QED) is 0.175. The highest BCUT2D eigenvalue weighted by molar-refractivity contribution is 5.70. The van der Waals surface area contributed by atoms with Crippen LogP contribution in [0.5, 0.6) is 0 Å². The molecule has 0 aromatic carbocycles. The minimum atomic E-state index is -0.574. The van der Waals surface area contributed by atoms with Crippen LogP contribution in [0, 0.1) is 0 Å². The first-order valence-corrected chi connectivity index (χ1v) is 1.39. The summed E-state index contributed by atoms with van der Waals surface area (Å²) in [6.45, 7) is 1.15. The smallest absolute Gasteiger partial charge is 0.257 e. The van der Waals surface area contributed by atoms with Gasteiger partial charge in [-0.3, -0.25) is 10.0 Å². The minimum Gasteiger partial charge on any atom is -0.271 e. The highest BCUT2D eigenvalue weighted by atomic mass is 16.5. The SMILES string of the molecule is CC(=O)N(N)O. The lowest BCUT2D eigenvalue weighted by Crippen LogP contribution is -2.31. The van der Waals surface area contributed by atoms with Gasteiger partial charge in [0, 0.05) is 6.92 Å². The zero-order chi connectivity index (χ0) is 5.15. The summed E-state index contributed by atoms with van der Waals surface area (Å²) in [5.74, 6) is 3.90. The second-order valence-corrected chi connectivity index (χ2v) is 0.864. The first-order chi connectivity index (χ1) is 2.64. The Bertz CT molecular complexity index is 60.6. The second-order valence-electron chi connectivity index (χ2n) is 0.864. The molecule has 36 valence electrons. The number of hydrogen-bond acceptors (Lipinski definition) is 3. The van der Waals surface area contributed by atoms with Crippen molar-refractivity contribution in [1.29, 1.82) is 0 Å². The first kappa shape index (κ1) is 5.39. The maximum absolute atomic E-state index is 9.69. The molecule has 0 saturated heterocycles. The Morgan fingerprint density at radius 2 is 2.17 bits per heavy atom. The predicted molar refractivity (Wildman–Crippen MR) is 18.5 cm³/mol. The van der Waals surface area contributed by atoms with Gasteiger partial charge in [0.15, 0.2) is 0 Å². The number of rotatable bonds is 0. The predicted octanol–water partition coefficient (Wildman–Crippen LogP) is -0.902. The summed E-state index contributed by atoms with van der Waals surface area (Å²) in [5, 5.41) is 7.92. The van der Waals surface area contributed by atoms with Crippen molar-refractivity contribution < 1.29 is 10.0 Å². The largest absolute Gasteiger partial charge is 0.271 e. The van der Waals surface area contributed by atoms with Gasteiger partial charge in [-0.25, -0.2) is 5.84 Å². The Morgan fingerprint density at radius 1 is 2.00 bits per heavy atom. The lowest BCUT2D eigenvalue weighted by molar-refractivity contribution is -0.163. The van der Waals surface area contributed by atoms with Crippen LogP contribution in [-0.2, 0) is 4.79 Å². The van der Waals surface area contributed by atoms with Gasteiger partial charge in [0.1, 0.15) is 0 Å². The van der Waals surface area contributed by atoms with Gasteiger partial charge in [-0.2, -0.15) is 5.17 Å². The van der Waals surface area contributed by atoms with Crippen LogP contribution < -0.4 is 5.84 Å². The Balaban J connectivity index is 3.26. The summed E-state index contributed by atoms with van der Waals surface area (Å²) < 4.78 is 0. The molecule has 4 nitrogen and oxygen atoms in total. The maximum Gasteiger partial charge on any atom is 0.257 e. The van der Waals surface area contributed by atoms with Gasteiger partial charge in [-0.1, -0.05) is 0 Å². The Morgan fingerprint density at radius 3 is 2.17 bits per heavy atom. The van der Waals surface area contributed by atoms with Gasteiger partial charge in [0.05, 0.1) is 0 Å². The van der Waals surface area contributed by atoms with E-state index in [-0.39, 0.29) is 5.17 Å². The van der Waals surface area contributed by atoms with Gasteiger partial charge in [0.2, 0.25) is 0 Å². The molecule has 1 amide bonds. The van der Waals surface area contributed by atoms with E-state index in [9.17, 15) is 4.79 Å². The molecule has 0 aromatic heterocycles. The number of carbonyl (C=O) groups excluding carboxylic acids is 1. The van der Waals surface area contributed by atoms with Crippen molar-refractivity contribution in [2.45, 2.75) is 6.92 Å². The van der Waals surface area contributed by atoms with Crippen molar-refractivity contribution in [3.8, 4) is 0 Å². The van der Waals surface area contributed by atoms with Crippen molar-refractivity contribution in [2.24, 2.45) is 5.84 Å². The first-order valence-electron chi connectivity index (χ1n) is 1.39. The molecular formula is C2H6N2O2. The fourth-order valence-corrected chi connectivity index (χ4v) is 0.